The van der Waals surface area contributed by atoms with Crippen molar-refractivity contribution in [3.63, 3.8) is 0 Å². The van der Waals surface area contributed by atoms with Crippen LogP contribution in [0.25, 0.3) is 5.69 Å². The number of methoxy groups -OCH3 is 1. The number of hydrogen-bond donors (Lipinski definition) is 1. The predicted octanol–water partition coefficient (Wildman–Crippen LogP) is 2.56. The van der Waals surface area contributed by atoms with Crippen LogP contribution in [-0.4, -0.2) is 16.7 Å². The first-order valence-corrected chi connectivity index (χ1v) is 5.56. The summed E-state index contributed by atoms with van der Waals surface area (Å²) in [5.74, 6) is 0.664. The summed E-state index contributed by atoms with van der Waals surface area (Å²) in [6.45, 7) is 0. The molecule has 0 unspecified atom stereocenters. The largest absolute Gasteiger partial charge is 0.497 e. The van der Waals surface area contributed by atoms with Gasteiger partial charge in [0.2, 0.25) is 0 Å². The molecule has 1 N–H and O–H groups in total. The SMILES string of the molecule is COc1ccc(Cl)c(-n2ccc(=O)[nH]c2=S)c1. The zero-order chi connectivity index (χ0) is 12.4. The molecule has 0 aliphatic carbocycles. The smallest absolute Gasteiger partial charge is 0.251 e. The number of nitrogens with zero attached hydrogens (tertiary/aromatic N) is 1. The van der Waals surface area contributed by atoms with Gasteiger partial charge in [-0.3, -0.25) is 14.3 Å². The van der Waals surface area contributed by atoms with Crippen molar-refractivity contribution in [3.8, 4) is 11.4 Å². The van der Waals surface area contributed by atoms with Gasteiger partial charge in [0, 0.05) is 18.3 Å². The predicted molar refractivity (Wildman–Crippen MR) is 68.8 cm³/mol. The molecule has 0 saturated carbocycles. The molecule has 0 atom stereocenters. The molecule has 17 heavy (non-hydrogen) atoms. The molecule has 2 rings (SSSR count). The van der Waals surface area contributed by atoms with E-state index in [0.717, 1.165) is 0 Å². The minimum absolute atomic E-state index is 0.245. The van der Waals surface area contributed by atoms with Crippen LogP contribution in [0.3, 0.4) is 0 Å². The molecule has 88 valence electrons. The van der Waals surface area contributed by atoms with Gasteiger partial charge < -0.3 is 4.74 Å². The first-order valence-electron chi connectivity index (χ1n) is 4.78. The van der Waals surface area contributed by atoms with E-state index < -0.39 is 0 Å². The first kappa shape index (κ1) is 11.9. The molecule has 0 aliphatic heterocycles. The van der Waals surface area contributed by atoms with E-state index in [4.69, 9.17) is 28.6 Å². The first-order chi connectivity index (χ1) is 8.11. The van der Waals surface area contributed by atoms with E-state index in [9.17, 15) is 4.79 Å². The molecule has 1 aromatic heterocycles. The molecule has 0 amide bonds. The summed E-state index contributed by atoms with van der Waals surface area (Å²) >= 11 is 11.2. The fourth-order valence-electron chi connectivity index (χ4n) is 1.41. The number of rotatable bonds is 2. The van der Waals surface area contributed by atoms with Crippen molar-refractivity contribution in [1.82, 2.24) is 9.55 Å². The second kappa shape index (κ2) is 4.73. The van der Waals surface area contributed by atoms with Crippen molar-refractivity contribution in [3.05, 3.63) is 50.6 Å². The Labute approximate surface area is 107 Å². The van der Waals surface area contributed by atoms with Crippen molar-refractivity contribution in [2.45, 2.75) is 0 Å². The maximum atomic E-state index is 11.1. The second-order valence-corrected chi connectivity index (χ2v) is 4.09. The summed E-state index contributed by atoms with van der Waals surface area (Å²) in [5.41, 5.74) is 0.414. The molecular weight excluding hydrogens is 260 g/mol. The van der Waals surface area contributed by atoms with Gasteiger partial charge in [-0.25, -0.2) is 0 Å². The number of aromatic amines is 1. The number of benzene rings is 1. The van der Waals surface area contributed by atoms with Gasteiger partial charge in [0.05, 0.1) is 17.8 Å². The van der Waals surface area contributed by atoms with Gasteiger partial charge in [-0.1, -0.05) is 11.6 Å². The highest BCUT2D eigenvalue weighted by Crippen LogP contribution is 2.25. The Bertz CT molecular complexity index is 663. The average molecular weight is 269 g/mol. The van der Waals surface area contributed by atoms with E-state index in [1.54, 1.807) is 36.1 Å². The summed E-state index contributed by atoms with van der Waals surface area (Å²) in [6, 6.07) is 6.59. The second-order valence-electron chi connectivity index (χ2n) is 3.30. The molecule has 2 aromatic rings. The Kier molecular flexibility index (Phi) is 3.31. The third-order valence-corrected chi connectivity index (χ3v) is 2.86. The maximum Gasteiger partial charge on any atom is 0.251 e. The van der Waals surface area contributed by atoms with Gasteiger partial charge in [0.25, 0.3) is 5.56 Å². The molecular formula is C11H9ClN2O2S. The van der Waals surface area contributed by atoms with Crippen LogP contribution in [0.2, 0.25) is 5.02 Å². The van der Waals surface area contributed by atoms with Crippen molar-refractivity contribution in [1.29, 1.82) is 0 Å². The number of ether oxygens (including phenoxy) is 1. The number of H-pyrrole nitrogens is 1. The van der Waals surface area contributed by atoms with Crippen LogP contribution >= 0.6 is 23.8 Å². The molecule has 6 heteroatoms. The normalized spacial score (nSPS) is 10.2. The van der Waals surface area contributed by atoms with E-state index in [2.05, 4.69) is 4.98 Å². The molecule has 0 spiro atoms. The molecule has 4 nitrogen and oxygen atoms in total. The maximum absolute atomic E-state index is 11.1. The lowest BCUT2D eigenvalue weighted by Crippen LogP contribution is -2.10. The number of halogens is 1. The van der Waals surface area contributed by atoms with E-state index in [0.29, 0.717) is 16.5 Å². The zero-order valence-corrected chi connectivity index (χ0v) is 10.5. The average Bonchev–Trinajstić information content (AvgIpc) is 2.30. The van der Waals surface area contributed by atoms with Crippen LogP contribution in [-0.2, 0) is 0 Å². The lowest BCUT2D eigenvalue weighted by atomic mass is 10.3. The lowest BCUT2D eigenvalue weighted by molar-refractivity contribution is 0.414. The summed E-state index contributed by atoms with van der Waals surface area (Å²) in [7, 11) is 1.57. The fraction of sp³-hybridized carbons (Fsp3) is 0.0909. The highest BCUT2D eigenvalue weighted by atomic mass is 35.5. The zero-order valence-electron chi connectivity index (χ0n) is 8.94. The van der Waals surface area contributed by atoms with Gasteiger partial charge in [0.15, 0.2) is 4.77 Å². The van der Waals surface area contributed by atoms with E-state index in [1.165, 1.54) is 6.07 Å². The third-order valence-electron chi connectivity index (χ3n) is 2.24. The van der Waals surface area contributed by atoms with Crippen LogP contribution in [0.15, 0.2) is 35.3 Å². The van der Waals surface area contributed by atoms with Crippen LogP contribution in [0, 0.1) is 4.77 Å². The number of nitrogens with one attached hydrogen (secondary N) is 1. The molecule has 0 saturated heterocycles. The minimum Gasteiger partial charge on any atom is -0.497 e. The van der Waals surface area contributed by atoms with Crippen LogP contribution < -0.4 is 10.3 Å². The summed E-state index contributed by atoms with van der Waals surface area (Å²) in [5, 5.41) is 0.522. The number of hydrogen-bond acceptors (Lipinski definition) is 3. The quantitative estimate of drug-likeness (QED) is 0.852. The molecule has 0 aliphatic rings. The fourth-order valence-corrected chi connectivity index (χ4v) is 1.88. The molecule has 1 heterocycles. The standard InChI is InChI=1S/C11H9ClN2O2S/c1-16-7-2-3-8(12)9(6-7)14-5-4-10(15)13-11(14)17/h2-6H,1H3,(H,13,15,17). The third kappa shape index (κ3) is 2.40. The van der Waals surface area contributed by atoms with Crippen molar-refractivity contribution in [2.24, 2.45) is 0 Å². The van der Waals surface area contributed by atoms with Gasteiger partial charge in [-0.2, -0.15) is 0 Å². The Balaban J connectivity index is 2.67. The topological polar surface area (TPSA) is 47.0 Å². The lowest BCUT2D eigenvalue weighted by Gasteiger charge is -2.09. The molecule has 1 aromatic carbocycles. The van der Waals surface area contributed by atoms with Crippen molar-refractivity contribution >= 4 is 23.8 Å². The minimum atomic E-state index is -0.245. The van der Waals surface area contributed by atoms with Crippen LogP contribution in [0.1, 0.15) is 0 Å². The Morgan fingerprint density at radius 2 is 2.18 bits per heavy atom. The van der Waals surface area contributed by atoms with Gasteiger partial charge in [-0.05, 0) is 24.4 Å². The van der Waals surface area contributed by atoms with Gasteiger partial charge in [-0.15, -0.1) is 0 Å². The summed E-state index contributed by atoms with van der Waals surface area (Å²) in [6.07, 6.45) is 1.57. The van der Waals surface area contributed by atoms with E-state index >= 15 is 0 Å². The summed E-state index contributed by atoms with van der Waals surface area (Å²) in [4.78, 5) is 13.6. The Morgan fingerprint density at radius 3 is 2.82 bits per heavy atom. The highest BCUT2D eigenvalue weighted by Gasteiger charge is 2.05. The Hall–Kier alpha value is -1.59. The van der Waals surface area contributed by atoms with Gasteiger partial charge in [0.1, 0.15) is 5.75 Å². The molecule has 0 fully saturated rings. The van der Waals surface area contributed by atoms with Crippen LogP contribution in [0.5, 0.6) is 5.75 Å². The van der Waals surface area contributed by atoms with Crippen LogP contribution in [0.4, 0.5) is 0 Å². The van der Waals surface area contributed by atoms with Gasteiger partial charge >= 0.3 is 0 Å². The number of aromatic nitrogens is 2. The highest BCUT2D eigenvalue weighted by molar-refractivity contribution is 7.71. The molecule has 0 bridgehead atoms. The van der Waals surface area contributed by atoms with Crippen molar-refractivity contribution in [2.75, 3.05) is 7.11 Å². The van der Waals surface area contributed by atoms with E-state index in [1.807, 2.05) is 0 Å². The van der Waals surface area contributed by atoms with E-state index in [-0.39, 0.29) is 10.3 Å². The molecule has 0 radical (unpaired) electrons. The van der Waals surface area contributed by atoms with Crippen molar-refractivity contribution < 1.29 is 4.74 Å². The summed E-state index contributed by atoms with van der Waals surface area (Å²) < 4.78 is 7.01. The monoisotopic (exact) mass is 268 g/mol. The Morgan fingerprint density at radius 1 is 1.41 bits per heavy atom.